The Morgan fingerprint density at radius 1 is 1.17 bits per heavy atom. The molecule has 124 valence electrons. The van der Waals surface area contributed by atoms with Crippen LogP contribution < -0.4 is 4.74 Å². The Morgan fingerprint density at radius 3 is 2.67 bits per heavy atom. The fourth-order valence-corrected chi connectivity index (χ4v) is 3.67. The summed E-state index contributed by atoms with van der Waals surface area (Å²) in [6, 6.07) is 16.4. The molecule has 24 heavy (non-hydrogen) atoms. The Hall–Kier alpha value is -2.00. The van der Waals surface area contributed by atoms with Crippen LogP contribution in [0.5, 0.6) is 5.75 Å². The van der Waals surface area contributed by atoms with Crippen molar-refractivity contribution in [3.63, 3.8) is 0 Å². The van der Waals surface area contributed by atoms with Crippen LogP contribution in [0, 0.1) is 5.92 Å². The van der Waals surface area contributed by atoms with Gasteiger partial charge in [0.15, 0.2) is 0 Å². The van der Waals surface area contributed by atoms with Crippen molar-refractivity contribution in [1.29, 1.82) is 0 Å². The van der Waals surface area contributed by atoms with Crippen LogP contribution in [0.2, 0.25) is 5.02 Å². The zero-order valence-corrected chi connectivity index (χ0v) is 14.7. The lowest BCUT2D eigenvalue weighted by Crippen LogP contribution is -2.33. The summed E-state index contributed by atoms with van der Waals surface area (Å²) in [4.78, 5) is 0. The molecule has 0 saturated heterocycles. The van der Waals surface area contributed by atoms with Crippen LogP contribution in [0.25, 0.3) is 0 Å². The molecule has 0 N–H and O–H groups in total. The molecule has 0 spiro atoms. The van der Waals surface area contributed by atoms with Crippen molar-refractivity contribution in [3.05, 3.63) is 64.7 Å². The molecular weight excluding hydrogens is 320 g/mol. The van der Waals surface area contributed by atoms with Crippen molar-refractivity contribution in [2.75, 3.05) is 0 Å². The molecule has 2 aliphatic rings. The van der Waals surface area contributed by atoms with Crippen LogP contribution in [0.1, 0.15) is 50.1 Å². The third-order valence-electron chi connectivity index (χ3n) is 4.56. The number of hydrazone groups is 1. The summed E-state index contributed by atoms with van der Waals surface area (Å²) in [6.07, 6.45) is 1.80. The Kier molecular flexibility index (Phi) is 3.97. The van der Waals surface area contributed by atoms with Gasteiger partial charge in [0, 0.05) is 28.3 Å². The Morgan fingerprint density at radius 2 is 1.92 bits per heavy atom. The fourth-order valence-electron chi connectivity index (χ4n) is 3.54. The first-order valence-electron chi connectivity index (χ1n) is 8.47. The van der Waals surface area contributed by atoms with E-state index < -0.39 is 0 Å². The highest BCUT2D eigenvalue weighted by Gasteiger charge is 2.40. The zero-order chi connectivity index (χ0) is 16.7. The third-order valence-corrected chi connectivity index (χ3v) is 4.81. The second-order valence-electron chi connectivity index (χ2n) is 6.92. The number of halogens is 1. The molecule has 0 saturated carbocycles. The number of hydrogen-bond acceptors (Lipinski definition) is 3. The number of nitrogens with zero attached hydrogens (tertiary/aromatic N) is 2. The van der Waals surface area contributed by atoms with Crippen LogP contribution in [0.3, 0.4) is 0 Å². The SMILES string of the molecule is CC(C)CC1=NN2C(C1)c1ccccc1OC2c1ccc(Cl)cc1. The lowest BCUT2D eigenvalue weighted by atomic mass is 9.95. The molecule has 0 fully saturated rings. The number of para-hydroxylation sites is 1. The number of fused-ring (bicyclic) bond motifs is 3. The van der Waals surface area contributed by atoms with Gasteiger partial charge in [-0.3, -0.25) is 0 Å². The summed E-state index contributed by atoms with van der Waals surface area (Å²) < 4.78 is 6.30. The van der Waals surface area contributed by atoms with E-state index in [9.17, 15) is 0 Å². The van der Waals surface area contributed by atoms with Gasteiger partial charge in [0.1, 0.15) is 5.75 Å². The monoisotopic (exact) mass is 340 g/mol. The quantitative estimate of drug-likeness (QED) is 0.728. The van der Waals surface area contributed by atoms with Gasteiger partial charge in [-0.1, -0.05) is 55.8 Å². The van der Waals surface area contributed by atoms with E-state index in [2.05, 4.69) is 37.1 Å². The largest absolute Gasteiger partial charge is 0.464 e. The first kappa shape index (κ1) is 15.5. The summed E-state index contributed by atoms with van der Waals surface area (Å²) in [5, 5.41) is 7.78. The van der Waals surface area contributed by atoms with Crippen LogP contribution in [0.15, 0.2) is 53.6 Å². The van der Waals surface area contributed by atoms with Crippen molar-refractivity contribution in [2.24, 2.45) is 11.0 Å². The summed E-state index contributed by atoms with van der Waals surface area (Å²) in [6.45, 7) is 4.47. The van der Waals surface area contributed by atoms with Crippen LogP contribution in [-0.2, 0) is 0 Å². The van der Waals surface area contributed by atoms with E-state index in [4.69, 9.17) is 21.4 Å². The molecule has 0 aromatic heterocycles. The van der Waals surface area contributed by atoms with Crippen molar-refractivity contribution < 1.29 is 4.74 Å². The van der Waals surface area contributed by atoms with Crippen molar-refractivity contribution in [2.45, 2.75) is 39.0 Å². The second-order valence-corrected chi connectivity index (χ2v) is 7.36. The Bertz CT molecular complexity index is 769. The van der Waals surface area contributed by atoms with Gasteiger partial charge in [0.05, 0.1) is 6.04 Å². The molecule has 2 aromatic carbocycles. The second kappa shape index (κ2) is 6.14. The Labute approximate surface area is 147 Å². The van der Waals surface area contributed by atoms with Gasteiger partial charge in [-0.15, -0.1) is 0 Å². The van der Waals surface area contributed by atoms with E-state index in [0.29, 0.717) is 5.92 Å². The molecule has 0 radical (unpaired) electrons. The van der Waals surface area contributed by atoms with Gasteiger partial charge < -0.3 is 4.74 Å². The average molecular weight is 341 g/mol. The lowest BCUT2D eigenvalue weighted by molar-refractivity contribution is -0.0190. The van der Waals surface area contributed by atoms with Gasteiger partial charge in [-0.25, -0.2) is 5.01 Å². The van der Waals surface area contributed by atoms with Crippen LogP contribution in [0.4, 0.5) is 0 Å². The minimum absolute atomic E-state index is 0.202. The molecule has 2 unspecified atom stereocenters. The van der Waals surface area contributed by atoms with Crippen molar-refractivity contribution in [3.8, 4) is 5.75 Å². The normalized spacial score (nSPS) is 22.0. The van der Waals surface area contributed by atoms with Gasteiger partial charge >= 0.3 is 0 Å². The number of ether oxygens (including phenoxy) is 1. The maximum atomic E-state index is 6.30. The average Bonchev–Trinajstić information content (AvgIpc) is 2.98. The molecule has 2 atom stereocenters. The Balaban J connectivity index is 1.74. The highest BCUT2D eigenvalue weighted by molar-refractivity contribution is 6.30. The number of rotatable bonds is 3. The lowest BCUT2D eigenvalue weighted by Gasteiger charge is -2.38. The molecule has 4 rings (SSSR count). The van der Waals surface area contributed by atoms with Gasteiger partial charge in [0.2, 0.25) is 6.23 Å². The maximum Gasteiger partial charge on any atom is 0.213 e. The topological polar surface area (TPSA) is 24.8 Å². The summed E-state index contributed by atoms with van der Waals surface area (Å²) in [5.74, 6) is 1.56. The van der Waals surface area contributed by atoms with Gasteiger partial charge in [-0.05, 0) is 30.5 Å². The fraction of sp³-hybridized carbons (Fsp3) is 0.350. The first-order chi connectivity index (χ1) is 11.6. The standard InChI is InChI=1S/C20H21ClN2O/c1-13(2)11-16-12-18-17-5-3-4-6-19(17)24-20(23(18)22-16)14-7-9-15(21)10-8-14/h3-10,13,18,20H,11-12H2,1-2H3. The van der Waals surface area contributed by atoms with Crippen molar-refractivity contribution in [1.82, 2.24) is 5.01 Å². The molecule has 0 amide bonds. The maximum absolute atomic E-state index is 6.30. The minimum Gasteiger partial charge on any atom is -0.464 e. The van der Waals surface area contributed by atoms with Crippen LogP contribution >= 0.6 is 11.6 Å². The van der Waals surface area contributed by atoms with E-state index in [-0.39, 0.29) is 12.3 Å². The molecular formula is C20H21ClN2O. The molecule has 3 nitrogen and oxygen atoms in total. The predicted molar refractivity (Wildman–Crippen MR) is 97.4 cm³/mol. The van der Waals surface area contributed by atoms with E-state index in [0.717, 1.165) is 29.2 Å². The minimum atomic E-state index is -0.202. The summed E-state index contributed by atoms with van der Waals surface area (Å²) >= 11 is 6.04. The molecule has 4 heteroatoms. The summed E-state index contributed by atoms with van der Waals surface area (Å²) in [5.41, 5.74) is 3.56. The summed E-state index contributed by atoms with van der Waals surface area (Å²) in [7, 11) is 0. The molecule has 0 bridgehead atoms. The molecule has 2 heterocycles. The van der Waals surface area contributed by atoms with E-state index in [1.807, 2.05) is 30.3 Å². The van der Waals surface area contributed by atoms with Gasteiger partial charge in [0.25, 0.3) is 0 Å². The van der Waals surface area contributed by atoms with E-state index in [1.165, 1.54) is 11.3 Å². The highest BCUT2D eigenvalue weighted by Crippen LogP contribution is 2.47. The zero-order valence-electron chi connectivity index (χ0n) is 13.9. The molecule has 0 aliphatic carbocycles. The van der Waals surface area contributed by atoms with E-state index >= 15 is 0 Å². The molecule has 2 aliphatic heterocycles. The number of benzene rings is 2. The molecule has 2 aromatic rings. The third kappa shape index (κ3) is 2.78. The first-order valence-corrected chi connectivity index (χ1v) is 8.85. The number of hydrogen-bond donors (Lipinski definition) is 0. The van der Waals surface area contributed by atoms with Crippen molar-refractivity contribution >= 4 is 17.3 Å². The van der Waals surface area contributed by atoms with Crippen LogP contribution in [-0.4, -0.2) is 10.7 Å². The van der Waals surface area contributed by atoms with E-state index in [1.54, 1.807) is 0 Å². The smallest absolute Gasteiger partial charge is 0.213 e. The predicted octanol–water partition coefficient (Wildman–Crippen LogP) is 5.58. The van der Waals surface area contributed by atoms with Gasteiger partial charge in [-0.2, -0.15) is 5.10 Å². The highest BCUT2D eigenvalue weighted by atomic mass is 35.5.